The van der Waals surface area contributed by atoms with Crippen molar-refractivity contribution in [3.05, 3.63) is 46.2 Å². The highest BCUT2D eigenvalue weighted by Crippen LogP contribution is 2.30. The van der Waals surface area contributed by atoms with Crippen molar-refractivity contribution < 1.29 is 14.3 Å². The number of rotatable bonds is 4. The molecule has 2 aliphatic heterocycles. The minimum absolute atomic E-state index is 0.0220. The molecule has 2 fully saturated rings. The fraction of sp³-hybridized carbons (Fsp3) is 0.519. The van der Waals surface area contributed by atoms with Crippen molar-refractivity contribution in [1.29, 1.82) is 0 Å². The smallest absolute Gasteiger partial charge is 0.410 e. The molecular weight excluding hydrogens is 541 g/mol. The van der Waals surface area contributed by atoms with Crippen molar-refractivity contribution in [2.75, 3.05) is 37.6 Å². The lowest BCUT2D eigenvalue weighted by Crippen LogP contribution is -2.55. The lowest BCUT2D eigenvalue weighted by Gasteiger charge is -2.37. The third-order valence-electron chi connectivity index (χ3n) is 7.15. The Hall–Kier alpha value is -3.11. The average molecular weight is 575 g/mol. The van der Waals surface area contributed by atoms with E-state index in [1.165, 1.54) is 0 Å². The summed E-state index contributed by atoms with van der Waals surface area (Å²) in [6.07, 6.45) is 4.46. The predicted octanol–water partition coefficient (Wildman–Crippen LogP) is 4.79. The number of hydrogen-bond donors (Lipinski definition) is 0. The van der Waals surface area contributed by atoms with E-state index in [0.717, 1.165) is 17.8 Å². The number of aromatic nitrogens is 4. The SMILES string of the molecule is CC(c1ccc(Cl)cc1Cl)n1ncc2ncc(N3CCN(C(=O)C4CCCN4C(=O)OC(C)(C)C)CC3)nc21. The summed E-state index contributed by atoms with van der Waals surface area (Å²) in [4.78, 5) is 41.0. The second-order valence-corrected chi connectivity index (χ2v) is 11.9. The number of ether oxygens (including phenoxy) is 1. The number of fused-ring (bicyclic) bond motifs is 1. The molecule has 1 aromatic carbocycles. The van der Waals surface area contributed by atoms with Crippen LogP contribution in [0.15, 0.2) is 30.6 Å². The maximum Gasteiger partial charge on any atom is 0.410 e. The average Bonchev–Trinajstić information content (AvgIpc) is 3.54. The van der Waals surface area contributed by atoms with Crippen molar-refractivity contribution in [1.82, 2.24) is 29.5 Å². The Bertz CT molecular complexity index is 1380. The summed E-state index contributed by atoms with van der Waals surface area (Å²) in [5.41, 5.74) is 1.63. The van der Waals surface area contributed by atoms with E-state index in [0.29, 0.717) is 60.4 Å². The molecule has 2 atom stereocenters. The van der Waals surface area contributed by atoms with Crippen LogP contribution in [0.4, 0.5) is 10.6 Å². The zero-order valence-corrected chi connectivity index (χ0v) is 24.1. The third-order valence-corrected chi connectivity index (χ3v) is 7.71. The van der Waals surface area contributed by atoms with E-state index < -0.39 is 17.7 Å². The van der Waals surface area contributed by atoms with Crippen molar-refractivity contribution in [3.63, 3.8) is 0 Å². The molecule has 0 N–H and O–H groups in total. The van der Waals surface area contributed by atoms with Crippen LogP contribution in [-0.2, 0) is 9.53 Å². The van der Waals surface area contributed by atoms with Crippen LogP contribution in [0.5, 0.6) is 0 Å². The standard InChI is InChI=1S/C27H33Cl2N7O3/c1-17(19-8-7-18(28)14-20(19)29)36-24-21(15-31-36)30-16-23(32-24)33-10-12-34(13-11-33)25(37)22-6-5-9-35(22)26(38)39-27(2,3)4/h7-8,14-17,22H,5-6,9-13H2,1-4H3. The normalized spacial score (nSPS) is 19.0. The first-order valence-electron chi connectivity index (χ1n) is 13.2. The highest BCUT2D eigenvalue weighted by Gasteiger charge is 2.39. The first kappa shape index (κ1) is 27.5. The quantitative estimate of drug-likeness (QED) is 0.442. The van der Waals surface area contributed by atoms with Gasteiger partial charge in [0.15, 0.2) is 5.65 Å². The summed E-state index contributed by atoms with van der Waals surface area (Å²) in [6, 6.07) is 4.77. The summed E-state index contributed by atoms with van der Waals surface area (Å²) in [7, 11) is 0. The minimum Gasteiger partial charge on any atom is -0.444 e. The summed E-state index contributed by atoms with van der Waals surface area (Å²) >= 11 is 12.5. The van der Waals surface area contributed by atoms with E-state index >= 15 is 0 Å². The van der Waals surface area contributed by atoms with Crippen LogP contribution in [0.25, 0.3) is 11.2 Å². The molecule has 2 aliphatic rings. The van der Waals surface area contributed by atoms with Crippen LogP contribution < -0.4 is 4.90 Å². The first-order valence-corrected chi connectivity index (χ1v) is 14.0. The van der Waals surface area contributed by atoms with Crippen LogP contribution >= 0.6 is 23.2 Å². The monoisotopic (exact) mass is 573 g/mol. The Labute approximate surface area is 237 Å². The molecule has 5 rings (SSSR count). The zero-order valence-electron chi connectivity index (χ0n) is 22.6. The highest BCUT2D eigenvalue weighted by molar-refractivity contribution is 6.35. The molecule has 3 aromatic rings. The van der Waals surface area contributed by atoms with Crippen LogP contribution in [0.2, 0.25) is 10.0 Å². The molecule has 4 heterocycles. The van der Waals surface area contributed by atoms with E-state index in [-0.39, 0.29) is 11.9 Å². The Morgan fingerprint density at radius 1 is 1.08 bits per heavy atom. The van der Waals surface area contributed by atoms with Gasteiger partial charge >= 0.3 is 6.09 Å². The maximum atomic E-state index is 13.4. The second-order valence-electron chi connectivity index (χ2n) is 11.0. The van der Waals surface area contributed by atoms with Gasteiger partial charge in [-0.2, -0.15) is 5.10 Å². The minimum atomic E-state index is -0.602. The molecule has 2 unspecified atom stereocenters. The molecule has 0 radical (unpaired) electrons. The van der Waals surface area contributed by atoms with Gasteiger partial charge in [0.1, 0.15) is 23.0 Å². The first-order chi connectivity index (χ1) is 18.5. The molecule has 12 heteroatoms. The van der Waals surface area contributed by atoms with Gasteiger partial charge in [-0.25, -0.2) is 19.4 Å². The van der Waals surface area contributed by atoms with Gasteiger partial charge in [0.25, 0.3) is 0 Å². The molecule has 0 spiro atoms. The van der Waals surface area contributed by atoms with Crippen molar-refractivity contribution in [2.45, 2.75) is 58.2 Å². The largest absolute Gasteiger partial charge is 0.444 e. The van der Waals surface area contributed by atoms with Crippen molar-refractivity contribution >= 4 is 52.2 Å². The van der Waals surface area contributed by atoms with Gasteiger partial charge in [0, 0.05) is 42.8 Å². The van der Waals surface area contributed by atoms with Gasteiger partial charge in [-0.15, -0.1) is 0 Å². The van der Waals surface area contributed by atoms with Gasteiger partial charge in [-0.05, 0) is 58.2 Å². The fourth-order valence-electron chi connectivity index (χ4n) is 5.15. The number of benzene rings is 1. The van der Waals surface area contributed by atoms with Crippen molar-refractivity contribution in [2.24, 2.45) is 0 Å². The summed E-state index contributed by atoms with van der Waals surface area (Å²) in [5, 5.41) is 5.67. The van der Waals surface area contributed by atoms with E-state index in [1.54, 1.807) is 29.4 Å². The van der Waals surface area contributed by atoms with Crippen molar-refractivity contribution in [3.8, 4) is 0 Å². The molecule has 2 amide bonds. The molecule has 208 valence electrons. The van der Waals surface area contributed by atoms with Crippen LogP contribution in [-0.4, -0.2) is 85.9 Å². The van der Waals surface area contributed by atoms with Crippen LogP contribution in [0.3, 0.4) is 0 Å². The summed E-state index contributed by atoms with van der Waals surface area (Å²) < 4.78 is 7.34. The Balaban J connectivity index is 1.27. The maximum absolute atomic E-state index is 13.4. The Kier molecular flexibility index (Phi) is 7.61. The fourth-order valence-corrected chi connectivity index (χ4v) is 5.71. The lowest BCUT2D eigenvalue weighted by molar-refractivity contribution is -0.136. The number of halogens is 2. The Morgan fingerprint density at radius 2 is 1.82 bits per heavy atom. The van der Waals surface area contributed by atoms with E-state index in [2.05, 4.69) is 15.0 Å². The van der Waals surface area contributed by atoms with E-state index in [9.17, 15) is 9.59 Å². The topological polar surface area (TPSA) is 96.7 Å². The molecular formula is C27H33Cl2N7O3. The number of carbonyl (C=O) groups is 2. The summed E-state index contributed by atoms with van der Waals surface area (Å²) in [6.45, 7) is 10.3. The van der Waals surface area contributed by atoms with Gasteiger partial charge in [0.05, 0.1) is 18.4 Å². The van der Waals surface area contributed by atoms with Crippen LogP contribution in [0.1, 0.15) is 52.1 Å². The van der Waals surface area contributed by atoms with Crippen LogP contribution in [0, 0.1) is 0 Å². The molecule has 0 bridgehead atoms. The number of amides is 2. The van der Waals surface area contributed by atoms with Gasteiger partial charge in [0.2, 0.25) is 5.91 Å². The number of likely N-dealkylation sites (tertiary alicyclic amines) is 1. The third kappa shape index (κ3) is 5.77. The number of hydrogen-bond acceptors (Lipinski definition) is 7. The second kappa shape index (κ2) is 10.8. The molecule has 10 nitrogen and oxygen atoms in total. The number of nitrogens with zero attached hydrogens (tertiary/aromatic N) is 7. The molecule has 39 heavy (non-hydrogen) atoms. The molecule has 0 saturated carbocycles. The predicted molar refractivity (Wildman–Crippen MR) is 150 cm³/mol. The molecule has 0 aliphatic carbocycles. The number of anilines is 1. The number of piperazine rings is 1. The van der Waals surface area contributed by atoms with E-state index in [4.69, 9.17) is 32.9 Å². The van der Waals surface area contributed by atoms with Gasteiger partial charge in [-0.1, -0.05) is 29.3 Å². The van der Waals surface area contributed by atoms with E-state index in [1.807, 2.05) is 43.3 Å². The highest BCUT2D eigenvalue weighted by atomic mass is 35.5. The lowest BCUT2D eigenvalue weighted by atomic mass is 10.1. The van der Waals surface area contributed by atoms with Gasteiger partial charge < -0.3 is 14.5 Å². The summed E-state index contributed by atoms with van der Waals surface area (Å²) in [5.74, 6) is 0.702. The molecule has 2 saturated heterocycles. The Morgan fingerprint density at radius 3 is 2.51 bits per heavy atom. The van der Waals surface area contributed by atoms with Gasteiger partial charge in [-0.3, -0.25) is 9.69 Å². The zero-order chi connectivity index (χ0) is 27.9. The molecule has 2 aromatic heterocycles. The number of carbonyl (C=O) groups excluding carboxylic acids is 2.